The van der Waals surface area contributed by atoms with Gasteiger partial charge in [0.05, 0.1) is 0 Å². The minimum Gasteiger partial charge on any atom is -0.176 e. The van der Waals surface area contributed by atoms with E-state index in [0.717, 1.165) is 5.25 Å². The Morgan fingerprint density at radius 1 is 1.40 bits per heavy atom. The van der Waals surface area contributed by atoms with E-state index >= 15 is 0 Å². The second-order valence-corrected chi connectivity index (χ2v) is 1.96. The van der Waals surface area contributed by atoms with Crippen LogP contribution in [-0.2, 0) is 0 Å². The van der Waals surface area contributed by atoms with Crippen LogP contribution in [-0.4, -0.2) is 24.1 Å². The normalized spacial score (nSPS) is 21.0. The SMILES string of the molecule is SC1CC1.[Li]. The first-order valence-electron chi connectivity index (χ1n) is 1.57. The summed E-state index contributed by atoms with van der Waals surface area (Å²) in [6, 6.07) is 0. The molecule has 1 fully saturated rings. The Balaban J connectivity index is 0.000000160. The first kappa shape index (κ1) is 5.95. The summed E-state index contributed by atoms with van der Waals surface area (Å²) in [5.41, 5.74) is 0. The summed E-state index contributed by atoms with van der Waals surface area (Å²) in [5.74, 6) is 0. The van der Waals surface area contributed by atoms with Crippen LogP contribution in [0.15, 0.2) is 0 Å². The molecule has 5 heavy (non-hydrogen) atoms. The molecule has 0 saturated heterocycles. The van der Waals surface area contributed by atoms with Gasteiger partial charge in [0.1, 0.15) is 0 Å². The molecule has 1 aliphatic rings. The van der Waals surface area contributed by atoms with Gasteiger partial charge >= 0.3 is 0 Å². The van der Waals surface area contributed by atoms with E-state index in [4.69, 9.17) is 0 Å². The third-order valence-corrected chi connectivity index (χ3v) is 1.06. The van der Waals surface area contributed by atoms with Gasteiger partial charge in [0.15, 0.2) is 0 Å². The van der Waals surface area contributed by atoms with Gasteiger partial charge in [-0.15, -0.1) is 0 Å². The molecule has 1 aliphatic carbocycles. The Hall–Kier alpha value is 0.947. The Morgan fingerprint density at radius 2 is 1.60 bits per heavy atom. The monoisotopic (exact) mass is 81.0 g/mol. The maximum absolute atomic E-state index is 4.08. The molecule has 25 valence electrons. The molecular weight excluding hydrogens is 75.0 g/mol. The van der Waals surface area contributed by atoms with Crippen molar-refractivity contribution in [2.24, 2.45) is 0 Å². The van der Waals surface area contributed by atoms with E-state index in [-0.39, 0.29) is 18.9 Å². The van der Waals surface area contributed by atoms with Crippen LogP contribution in [0.3, 0.4) is 0 Å². The molecule has 0 atom stereocenters. The second kappa shape index (κ2) is 2.18. The average molecular weight is 81.1 g/mol. The largest absolute Gasteiger partial charge is 0.176 e. The van der Waals surface area contributed by atoms with E-state index in [9.17, 15) is 0 Å². The summed E-state index contributed by atoms with van der Waals surface area (Å²) in [7, 11) is 0. The van der Waals surface area contributed by atoms with E-state index < -0.39 is 0 Å². The Kier molecular flexibility index (Phi) is 2.59. The molecule has 1 rings (SSSR count). The van der Waals surface area contributed by atoms with Crippen LogP contribution in [0.25, 0.3) is 0 Å². The van der Waals surface area contributed by atoms with Crippen LogP contribution in [0.2, 0.25) is 0 Å². The predicted molar refractivity (Wildman–Crippen MR) is 27.8 cm³/mol. The molecule has 0 amide bonds. The van der Waals surface area contributed by atoms with Crippen molar-refractivity contribution in [3.05, 3.63) is 0 Å². The predicted octanol–water partition coefficient (Wildman–Crippen LogP) is 0.698. The molecule has 0 aromatic rings. The second-order valence-electron chi connectivity index (χ2n) is 1.23. The van der Waals surface area contributed by atoms with Gasteiger partial charge in [0.25, 0.3) is 0 Å². The molecule has 1 radical (unpaired) electrons. The smallest absolute Gasteiger partial charge is 0.00176 e. The fraction of sp³-hybridized carbons (Fsp3) is 1.00. The van der Waals surface area contributed by atoms with Gasteiger partial charge in [-0.2, -0.15) is 12.6 Å². The summed E-state index contributed by atoms with van der Waals surface area (Å²) in [6.07, 6.45) is 2.70. The van der Waals surface area contributed by atoms with Gasteiger partial charge in [-0.3, -0.25) is 0 Å². The van der Waals surface area contributed by atoms with Gasteiger partial charge in [0.2, 0.25) is 0 Å². The van der Waals surface area contributed by atoms with Crippen molar-refractivity contribution < 1.29 is 0 Å². The molecule has 1 saturated carbocycles. The molecule has 0 aromatic carbocycles. The van der Waals surface area contributed by atoms with Crippen LogP contribution >= 0.6 is 12.6 Å². The van der Waals surface area contributed by atoms with E-state index in [1.807, 2.05) is 0 Å². The van der Waals surface area contributed by atoms with Gasteiger partial charge < -0.3 is 0 Å². The minimum atomic E-state index is 0. The Morgan fingerprint density at radius 3 is 1.60 bits per heavy atom. The number of hydrogen-bond acceptors (Lipinski definition) is 1. The minimum absolute atomic E-state index is 0. The fourth-order valence-corrected chi connectivity index (χ4v) is 0.224. The Bertz CT molecular complexity index is 26.1. The quantitative estimate of drug-likeness (QED) is 0.322. The maximum Gasteiger partial charge on any atom is 0.00176 e. The molecule has 2 heteroatoms. The third-order valence-electron chi connectivity index (χ3n) is 0.547. The first-order valence-corrected chi connectivity index (χ1v) is 2.09. The molecule has 0 spiro atoms. The molecular formula is C3H6LiS. The summed E-state index contributed by atoms with van der Waals surface area (Å²) in [6.45, 7) is 0. The van der Waals surface area contributed by atoms with Crippen LogP contribution in [0.4, 0.5) is 0 Å². The van der Waals surface area contributed by atoms with Crippen molar-refractivity contribution in [1.29, 1.82) is 0 Å². The Labute approximate surface area is 49.9 Å². The van der Waals surface area contributed by atoms with Crippen molar-refractivity contribution in [1.82, 2.24) is 0 Å². The van der Waals surface area contributed by atoms with Crippen molar-refractivity contribution in [2.75, 3.05) is 0 Å². The average Bonchev–Trinajstić information content (AvgIpc) is 1.75. The van der Waals surface area contributed by atoms with Crippen LogP contribution < -0.4 is 0 Å². The number of rotatable bonds is 0. The molecule has 0 bridgehead atoms. The van der Waals surface area contributed by atoms with E-state index in [1.54, 1.807) is 0 Å². The van der Waals surface area contributed by atoms with E-state index in [0.29, 0.717) is 0 Å². The molecule has 0 aliphatic heterocycles. The number of thiol groups is 1. The van der Waals surface area contributed by atoms with Crippen LogP contribution in [0.1, 0.15) is 12.8 Å². The molecule has 0 N–H and O–H groups in total. The fourth-order valence-electron chi connectivity index (χ4n) is 0.0745. The van der Waals surface area contributed by atoms with Crippen molar-refractivity contribution >= 4 is 31.5 Å². The van der Waals surface area contributed by atoms with Crippen LogP contribution in [0, 0.1) is 0 Å². The van der Waals surface area contributed by atoms with E-state index in [2.05, 4.69) is 12.6 Å². The van der Waals surface area contributed by atoms with Gasteiger partial charge in [0, 0.05) is 24.1 Å². The zero-order valence-electron chi connectivity index (χ0n) is 3.44. The molecule has 0 unspecified atom stereocenters. The van der Waals surface area contributed by atoms with Crippen LogP contribution in [0.5, 0.6) is 0 Å². The summed E-state index contributed by atoms with van der Waals surface area (Å²) in [5, 5.41) is 0.778. The zero-order valence-corrected chi connectivity index (χ0v) is 4.33. The number of hydrogen-bond donors (Lipinski definition) is 1. The first-order chi connectivity index (χ1) is 1.89. The summed E-state index contributed by atoms with van der Waals surface area (Å²) < 4.78 is 0. The standard InChI is InChI=1S/C3H6S.Li/c4-3-1-2-3;/h3-4H,1-2H2;. The molecule has 0 heterocycles. The topological polar surface area (TPSA) is 0 Å². The van der Waals surface area contributed by atoms with Gasteiger partial charge in [-0.25, -0.2) is 0 Å². The maximum atomic E-state index is 4.08. The third kappa shape index (κ3) is 2.76. The summed E-state index contributed by atoms with van der Waals surface area (Å²) >= 11 is 4.08. The van der Waals surface area contributed by atoms with Gasteiger partial charge in [-0.1, -0.05) is 0 Å². The summed E-state index contributed by atoms with van der Waals surface area (Å²) in [4.78, 5) is 0. The van der Waals surface area contributed by atoms with Gasteiger partial charge in [-0.05, 0) is 12.8 Å². The van der Waals surface area contributed by atoms with Crippen molar-refractivity contribution in [2.45, 2.75) is 18.1 Å². The van der Waals surface area contributed by atoms with E-state index in [1.165, 1.54) is 12.8 Å². The van der Waals surface area contributed by atoms with Crippen molar-refractivity contribution in [3.63, 3.8) is 0 Å². The molecule has 0 nitrogen and oxygen atoms in total. The molecule has 0 aromatic heterocycles. The van der Waals surface area contributed by atoms with Crippen molar-refractivity contribution in [3.8, 4) is 0 Å². The zero-order chi connectivity index (χ0) is 2.99.